The summed E-state index contributed by atoms with van der Waals surface area (Å²) in [6.45, 7) is 2.76. The minimum atomic E-state index is -0.321. The van der Waals surface area contributed by atoms with Crippen LogP contribution in [0, 0.1) is 0 Å². The normalized spacial score (nSPS) is 10.7. The predicted molar refractivity (Wildman–Crippen MR) is 112 cm³/mol. The molecule has 0 saturated carbocycles. The number of hydrogen-bond donors (Lipinski definition) is 0. The molecule has 0 aliphatic heterocycles. The van der Waals surface area contributed by atoms with Crippen molar-refractivity contribution in [1.82, 2.24) is 15.0 Å². The lowest BCUT2D eigenvalue weighted by Crippen LogP contribution is -2.06. The van der Waals surface area contributed by atoms with Gasteiger partial charge in [-0.05, 0) is 24.6 Å². The van der Waals surface area contributed by atoms with E-state index >= 15 is 0 Å². The van der Waals surface area contributed by atoms with E-state index in [0.717, 1.165) is 28.1 Å². The Kier molecular flexibility index (Phi) is 5.47. The van der Waals surface area contributed by atoms with Crippen molar-refractivity contribution in [3.63, 3.8) is 0 Å². The van der Waals surface area contributed by atoms with Gasteiger partial charge in [0, 0.05) is 11.1 Å². The zero-order chi connectivity index (χ0) is 20.1. The molecule has 0 spiro atoms. The molecule has 4 rings (SSSR count). The SMILES string of the molecule is CCOC(=O)c1ccc(-c2c(-c3ccccc3)nnn2Cc2ccccc2)cc1. The smallest absolute Gasteiger partial charge is 0.338 e. The fourth-order valence-electron chi connectivity index (χ4n) is 3.23. The lowest BCUT2D eigenvalue weighted by atomic mass is 10.0. The molecule has 0 N–H and O–H groups in total. The summed E-state index contributed by atoms with van der Waals surface area (Å²) < 4.78 is 6.99. The number of benzene rings is 3. The van der Waals surface area contributed by atoms with Crippen LogP contribution in [-0.4, -0.2) is 27.6 Å². The highest BCUT2D eigenvalue weighted by Gasteiger charge is 2.17. The average molecular weight is 383 g/mol. The van der Waals surface area contributed by atoms with E-state index < -0.39 is 0 Å². The number of aromatic nitrogens is 3. The Balaban J connectivity index is 1.77. The molecular weight excluding hydrogens is 362 g/mol. The molecule has 5 nitrogen and oxygen atoms in total. The van der Waals surface area contributed by atoms with E-state index in [0.29, 0.717) is 18.7 Å². The van der Waals surface area contributed by atoms with Crippen molar-refractivity contribution in [2.75, 3.05) is 6.61 Å². The molecule has 4 aromatic rings. The van der Waals surface area contributed by atoms with Gasteiger partial charge in [0.1, 0.15) is 5.69 Å². The van der Waals surface area contributed by atoms with Crippen molar-refractivity contribution < 1.29 is 9.53 Å². The highest BCUT2D eigenvalue weighted by Crippen LogP contribution is 2.31. The number of rotatable bonds is 6. The van der Waals surface area contributed by atoms with Crippen LogP contribution in [-0.2, 0) is 11.3 Å². The molecule has 0 atom stereocenters. The lowest BCUT2D eigenvalue weighted by molar-refractivity contribution is 0.0526. The quantitative estimate of drug-likeness (QED) is 0.447. The van der Waals surface area contributed by atoms with E-state index in [2.05, 4.69) is 22.4 Å². The number of nitrogens with zero attached hydrogens (tertiary/aromatic N) is 3. The Bertz CT molecular complexity index is 1090. The molecule has 5 heteroatoms. The molecule has 0 radical (unpaired) electrons. The average Bonchev–Trinajstić information content (AvgIpc) is 3.19. The Labute approximate surface area is 169 Å². The topological polar surface area (TPSA) is 57.0 Å². The number of carbonyl (C=O) groups is 1. The van der Waals surface area contributed by atoms with Gasteiger partial charge in [-0.15, -0.1) is 5.10 Å². The van der Waals surface area contributed by atoms with Crippen LogP contribution < -0.4 is 0 Å². The molecule has 144 valence electrons. The summed E-state index contributed by atoms with van der Waals surface area (Å²) in [7, 11) is 0. The van der Waals surface area contributed by atoms with Crippen LogP contribution in [0.15, 0.2) is 84.9 Å². The fourth-order valence-corrected chi connectivity index (χ4v) is 3.23. The second kappa shape index (κ2) is 8.52. The number of carbonyl (C=O) groups excluding carboxylic acids is 1. The van der Waals surface area contributed by atoms with Crippen molar-refractivity contribution in [1.29, 1.82) is 0 Å². The summed E-state index contributed by atoms with van der Waals surface area (Å²) in [5.74, 6) is -0.321. The molecule has 0 unspecified atom stereocenters. The Morgan fingerprint density at radius 2 is 1.52 bits per heavy atom. The molecule has 0 aliphatic carbocycles. The summed E-state index contributed by atoms with van der Waals surface area (Å²) in [6, 6.07) is 27.5. The Morgan fingerprint density at radius 3 is 2.17 bits per heavy atom. The lowest BCUT2D eigenvalue weighted by Gasteiger charge is -2.10. The molecule has 0 aliphatic rings. The maximum Gasteiger partial charge on any atom is 0.338 e. The first-order valence-corrected chi connectivity index (χ1v) is 9.56. The molecule has 29 heavy (non-hydrogen) atoms. The number of esters is 1. The molecule has 1 aromatic heterocycles. The minimum absolute atomic E-state index is 0.321. The van der Waals surface area contributed by atoms with Gasteiger partial charge in [0.15, 0.2) is 0 Å². The van der Waals surface area contributed by atoms with Crippen LogP contribution in [0.3, 0.4) is 0 Å². The van der Waals surface area contributed by atoms with Gasteiger partial charge < -0.3 is 4.74 Å². The van der Waals surface area contributed by atoms with Gasteiger partial charge in [0.25, 0.3) is 0 Å². The highest BCUT2D eigenvalue weighted by molar-refractivity contribution is 5.90. The monoisotopic (exact) mass is 383 g/mol. The summed E-state index contributed by atoms with van der Waals surface area (Å²) in [5.41, 5.74) is 5.33. The van der Waals surface area contributed by atoms with Gasteiger partial charge >= 0.3 is 5.97 Å². The molecule has 3 aromatic carbocycles. The van der Waals surface area contributed by atoms with Crippen LogP contribution >= 0.6 is 0 Å². The third-order valence-electron chi connectivity index (χ3n) is 4.63. The maximum absolute atomic E-state index is 12.0. The molecule has 0 saturated heterocycles. The van der Waals surface area contributed by atoms with Crippen LogP contribution in [0.1, 0.15) is 22.8 Å². The van der Waals surface area contributed by atoms with Gasteiger partial charge in [0.2, 0.25) is 0 Å². The Morgan fingerprint density at radius 1 is 0.862 bits per heavy atom. The highest BCUT2D eigenvalue weighted by atomic mass is 16.5. The van der Waals surface area contributed by atoms with Gasteiger partial charge in [-0.1, -0.05) is 78.0 Å². The van der Waals surface area contributed by atoms with E-state index in [1.54, 1.807) is 19.1 Å². The van der Waals surface area contributed by atoms with Crippen LogP contribution in [0.2, 0.25) is 0 Å². The number of hydrogen-bond acceptors (Lipinski definition) is 4. The van der Waals surface area contributed by atoms with Gasteiger partial charge in [-0.25, -0.2) is 9.48 Å². The zero-order valence-electron chi connectivity index (χ0n) is 16.2. The van der Waals surface area contributed by atoms with Gasteiger partial charge in [-0.2, -0.15) is 0 Å². The molecule has 1 heterocycles. The summed E-state index contributed by atoms with van der Waals surface area (Å²) in [4.78, 5) is 12.0. The third kappa shape index (κ3) is 4.09. The van der Waals surface area contributed by atoms with Crippen molar-refractivity contribution in [3.05, 3.63) is 96.1 Å². The largest absolute Gasteiger partial charge is 0.462 e. The fraction of sp³-hybridized carbons (Fsp3) is 0.125. The first kappa shape index (κ1) is 18.6. The second-order valence-corrected chi connectivity index (χ2v) is 6.59. The molecule has 0 amide bonds. The van der Waals surface area contributed by atoms with E-state index in [-0.39, 0.29) is 5.97 Å². The van der Waals surface area contributed by atoms with Crippen molar-refractivity contribution in [2.45, 2.75) is 13.5 Å². The standard InChI is InChI=1S/C24H21N3O2/c1-2-29-24(28)21-15-13-20(14-16-21)23-22(19-11-7-4-8-12-19)25-26-27(23)17-18-9-5-3-6-10-18/h3-16H,2,17H2,1H3. The summed E-state index contributed by atoms with van der Waals surface area (Å²) in [6.07, 6.45) is 0. The van der Waals surface area contributed by atoms with E-state index in [1.807, 2.05) is 65.3 Å². The van der Waals surface area contributed by atoms with E-state index in [9.17, 15) is 4.79 Å². The first-order valence-electron chi connectivity index (χ1n) is 9.56. The Hall–Kier alpha value is -3.73. The number of ether oxygens (including phenoxy) is 1. The van der Waals surface area contributed by atoms with Crippen molar-refractivity contribution >= 4 is 5.97 Å². The summed E-state index contributed by atoms with van der Waals surface area (Å²) >= 11 is 0. The van der Waals surface area contributed by atoms with Crippen LogP contribution in [0.4, 0.5) is 0 Å². The summed E-state index contributed by atoms with van der Waals surface area (Å²) in [5, 5.41) is 8.89. The van der Waals surface area contributed by atoms with E-state index in [4.69, 9.17) is 4.74 Å². The molecular formula is C24H21N3O2. The first-order chi connectivity index (χ1) is 14.3. The minimum Gasteiger partial charge on any atom is -0.462 e. The molecule has 0 bridgehead atoms. The van der Waals surface area contributed by atoms with Gasteiger partial charge in [-0.3, -0.25) is 0 Å². The van der Waals surface area contributed by atoms with Gasteiger partial charge in [0.05, 0.1) is 24.4 Å². The van der Waals surface area contributed by atoms with Crippen LogP contribution in [0.25, 0.3) is 22.5 Å². The van der Waals surface area contributed by atoms with Crippen molar-refractivity contribution in [3.8, 4) is 22.5 Å². The maximum atomic E-state index is 12.0. The molecule has 0 fully saturated rings. The van der Waals surface area contributed by atoms with Crippen LogP contribution in [0.5, 0.6) is 0 Å². The second-order valence-electron chi connectivity index (χ2n) is 6.59. The zero-order valence-corrected chi connectivity index (χ0v) is 16.2. The predicted octanol–water partition coefficient (Wildman–Crippen LogP) is 4.84. The van der Waals surface area contributed by atoms with Crippen molar-refractivity contribution in [2.24, 2.45) is 0 Å². The third-order valence-corrected chi connectivity index (χ3v) is 4.63. The van der Waals surface area contributed by atoms with E-state index in [1.165, 1.54) is 0 Å².